The average Bonchev–Trinajstić information content (AvgIpc) is 2.74. The van der Waals surface area contributed by atoms with Crippen molar-refractivity contribution in [2.24, 2.45) is 0 Å². The van der Waals surface area contributed by atoms with Gasteiger partial charge < -0.3 is 14.6 Å². The van der Waals surface area contributed by atoms with E-state index in [-0.39, 0.29) is 19.4 Å². The lowest BCUT2D eigenvalue weighted by Crippen LogP contribution is -2.36. The van der Waals surface area contributed by atoms with Gasteiger partial charge in [0.05, 0.1) is 6.61 Å². The Labute approximate surface area is 167 Å². The van der Waals surface area contributed by atoms with E-state index in [4.69, 9.17) is 9.47 Å². The Morgan fingerprint density at radius 3 is 1.86 bits per heavy atom. The first-order valence-electron chi connectivity index (χ1n) is 9.60. The minimum Gasteiger partial charge on any atom is -0.466 e. The van der Waals surface area contributed by atoms with E-state index in [1.807, 2.05) is 19.9 Å². The fraction of sp³-hybridized carbons (Fsp3) is 0.391. The highest BCUT2D eigenvalue weighted by Crippen LogP contribution is 2.30. The Morgan fingerprint density at radius 1 is 0.857 bits per heavy atom. The molecule has 0 bridgehead atoms. The van der Waals surface area contributed by atoms with E-state index < -0.39 is 17.4 Å². The zero-order valence-electron chi connectivity index (χ0n) is 16.9. The van der Waals surface area contributed by atoms with Gasteiger partial charge in [-0.25, -0.2) is 0 Å². The summed E-state index contributed by atoms with van der Waals surface area (Å²) in [5.41, 5.74) is -0.879. The summed E-state index contributed by atoms with van der Waals surface area (Å²) in [4.78, 5) is 24.5. The van der Waals surface area contributed by atoms with Crippen LogP contribution in [-0.2, 0) is 19.9 Å². The lowest BCUT2D eigenvalue weighted by Gasteiger charge is -2.27. The van der Waals surface area contributed by atoms with Gasteiger partial charge >= 0.3 is 5.97 Å². The summed E-state index contributed by atoms with van der Waals surface area (Å²) in [5, 5.41) is 11.1. The average molecular weight is 386 g/mol. The first-order chi connectivity index (χ1) is 13.5. The van der Waals surface area contributed by atoms with Crippen LogP contribution in [0.25, 0.3) is 0 Å². The molecule has 2 aromatic rings. The minimum absolute atomic E-state index is 0.0242. The number of benzene rings is 2. The molecule has 0 fully saturated rings. The third kappa shape index (κ3) is 7.25. The van der Waals surface area contributed by atoms with Crippen molar-refractivity contribution in [2.45, 2.75) is 39.2 Å². The molecule has 0 amide bonds. The number of aliphatic hydroxyl groups is 1. The Kier molecular flexibility index (Phi) is 10.8. The van der Waals surface area contributed by atoms with Crippen LogP contribution in [0.5, 0.6) is 0 Å². The number of carbonyl (C=O) groups is 2. The quantitative estimate of drug-likeness (QED) is 0.518. The van der Waals surface area contributed by atoms with Crippen LogP contribution in [0.15, 0.2) is 60.7 Å². The standard InChI is InChI=1S/C19H20O4.C4H10O/c1-2-23-17(20)13-14-19(22,16-11-7-4-8-12-16)18(21)15-9-5-3-6-10-15;1-3-5-4-2/h3-12,22H,2,13-14H2,1H3;3-4H2,1-2H3. The fourth-order valence-electron chi connectivity index (χ4n) is 2.65. The van der Waals surface area contributed by atoms with Gasteiger partial charge in [-0.1, -0.05) is 60.7 Å². The number of ketones is 1. The van der Waals surface area contributed by atoms with Crippen LogP contribution in [0, 0.1) is 0 Å². The van der Waals surface area contributed by atoms with Crippen molar-refractivity contribution in [3.8, 4) is 0 Å². The second kappa shape index (κ2) is 12.8. The third-order valence-electron chi connectivity index (χ3n) is 4.07. The Morgan fingerprint density at radius 2 is 1.39 bits per heavy atom. The van der Waals surface area contributed by atoms with E-state index in [2.05, 4.69) is 0 Å². The van der Waals surface area contributed by atoms with E-state index in [0.29, 0.717) is 11.1 Å². The van der Waals surface area contributed by atoms with Crippen molar-refractivity contribution in [1.82, 2.24) is 0 Å². The Bertz CT molecular complexity index is 697. The van der Waals surface area contributed by atoms with Gasteiger partial charge in [0.2, 0.25) is 0 Å². The van der Waals surface area contributed by atoms with Crippen LogP contribution in [0.1, 0.15) is 49.5 Å². The maximum absolute atomic E-state index is 12.8. The second-order valence-corrected chi connectivity index (χ2v) is 6.01. The number of Topliss-reactive ketones (excluding diaryl/α,β-unsaturated/α-hetero) is 1. The van der Waals surface area contributed by atoms with Gasteiger partial charge in [0.1, 0.15) is 0 Å². The summed E-state index contributed by atoms with van der Waals surface area (Å²) >= 11 is 0. The molecule has 1 unspecified atom stereocenters. The highest BCUT2D eigenvalue weighted by molar-refractivity contribution is 6.03. The number of hydrogen-bond acceptors (Lipinski definition) is 5. The maximum Gasteiger partial charge on any atom is 0.305 e. The molecule has 0 saturated carbocycles. The molecule has 0 spiro atoms. The fourth-order valence-corrected chi connectivity index (χ4v) is 2.65. The highest BCUT2D eigenvalue weighted by Gasteiger charge is 2.38. The van der Waals surface area contributed by atoms with Gasteiger partial charge in [-0.05, 0) is 32.8 Å². The van der Waals surface area contributed by atoms with Gasteiger partial charge in [-0.2, -0.15) is 0 Å². The maximum atomic E-state index is 12.8. The molecule has 5 heteroatoms. The first kappa shape index (κ1) is 23.5. The molecule has 5 nitrogen and oxygen atoms in total. The van der Waals surface area contributed by atoms with Gasteiger partial charge in [0.25, 0.3) is 0 Å². The van der Waals surface area contributed by atoms with Gasteiger partial charge in [0, 0.05) is 25.2 Å². The predicted octanol–water partition coefficient (Wildman–Crippen LogP) is 4.14. The van der Waals surface area contributed by atoms with Crippen LogP contribution >= 0.6 is 0 Å². The van der Waals surface area contributed by atoms with Crippen molar-refractivity contribution in [3.63, 3.8) is 0 Å². The SMILES string of the molecule is CCOC(=O)CCC(O)(C(=O)c1ccccc1)c1ccccc1.CCOCC. The topological polar surface area (TPSA) is 72.8 Å². The van der Waals surface area contributed by atoms with E-state index >= 15 is 0 Å². The van der Waals surface area contributed by atoms with Crippen molar-refractivity contribution >= 4 is 11.8 Å². The van der Waals surface area contributed by atoms with E-state index in [9.17, 15) is 14.7 Å². The Hall–Kier alpha value is -2.50. The number of esters is 1. The smallest absolute Gasteiger partial charge is 0.305 e. The van der Waals surface area contributed by atoms with Crippen LogP contribution in [-0.4, -0.2) is 36.7 Å². The lowest BCUT2D eigenvalue weighted by atomic mass is 9.82. The zero-order chi connectivity index (χ0) is 20.8. The van der Waals surface area contributed by atoms with E-state index in [1.54, 1.807) is 61.5 Å². The van der Waals surface area contributed by atoms with Gasteiger partial charge in [0.15, 0.2) is 11.4 Å². The van der Waals surface area contributed by atoms with Crippen LogP contribution in [0.3, 0.4) is 0 Å². The van der Waals surface area contributed by atoms with Gasteiger partial charge in [-0.15, -0.1) is 0 Å². The number of rotatable bonds is 9. The van der Waals surface area contributed by atoms with Crippen molar-refractivity contribution in [1.29, 1.82) is 0 Å². The summed E-state index contributed by atoms with van der Waals surface area (Å²) in [6.07, 6.45) is -0.0542. The molecule has 1 atom stereocenters. The van der Waals surface area contributed by atoms with Crippen LogP contribution in [0.2, 0.25) is 0 Å². The van der Waals surface area contributed by atoms with Crippen molar-refractivity contribution < 1.29 is 24.2 Å². The second-order valence-electron chi connectivity index (χ2n) is 6.01. The van der Waals surface area contributed by atoms with E-state index in [0.717, 1.165) is 13.2 Å². The monoisotopic (exact) mass is 386 g/mol. The summed E-state index contributed by atoms with van der Waals surface area (Å²) in [6, 6.07) is 17.3. The molecular formula is C23H30O5. The Balaban J connectivity index is 0.000000696. The first-order valence-corrected chi connectivity index (χ1v) is 9.60. The molecule has 0 aliphatic rings. The van der Waals surface area contributed by atoms with E-state index in [1.165, 1.54) is 0 Å². The largest absolute Gasteiger partial charge is 0.466 e. The van der Waals surface area contributed by atoms with Gasteiger partial charge in [-0.3, -0.25) is 9.59 Å². The highest BCUT2D eigenvalue weighted by atomic mass is 16.5. The molecule has 0 aliphatic carbocycles. The lowest BCUT2D eigenvalue weighted by molar-refractivity contribution is -0.144. The third-order valence-corrected chi connectivity index (χ3v) is 4.07. The predicted molar refractivity (Wildman–Crippen MR) is 109 cm³/mol. The van der Waals surface area contributed by atoms with Crippen LogP contribution < -0.4 is 0 Å². The summed E-state index contributed by atoms with van der Waals surface area (Å²) in [7, 11) is 0. The normalized spacial score (nSPS) is 12.3. The number of hydrogen-bond donors (Lipinski definition) is 1. The molecule has 0 saturated heterocycles. The molecule has 152 valence electrons. The van der Waals surface area contributed by atoms with Crippen LogP contribution in [0.4, 0.5) is 0 Å². The number of ether oxygens (including phenoxy) is 2. The zero-order valence-corrected chi connectivity index (χ0v) is 16.9. The number of carbonyl (C=O) groups excluding carboxylic acids is 2. The minimum atomic E-state index is -1.75. The molecular weight excluding hydrogens is 356 g/mol. The summed E-state index contributed by atoms with van der Waals surface area (Å²) in [5.74, 6) is -0.851. The molecule has 0 aliphatic heterocycles. The van der Waals surface area contributed by atoms with Crippen molar-refractivity contribution in [3.05, 3.63) is 71.8 Å². The molecule has 1 N–H and O–H groups in total. The molecule has 0 radical (unpaired) electrons. The molecule has 28 heavy (non-hydrogen) atoms. The molecule has 2 rings (SSSR count). The van der Waals surface area contributed by atoms with Crippen molar-refractivity contribution in [2.75, 3.05) is 19.8 Å². The molecule has 2 aromatic carbocycles. The molecule has 0 aromatic heterocycles. The summed E-state index contributed by atoms with van der Waals surface area (Å²) < 4.78 is 9.73. The molecule has 0 heterocycles. The summed E-state index contributed by atoms with van der Waals surface area (Å²) in [6.45, 7) is 7.66.